The van der Waals surface area contributed by atoms with E-state index in [1.807, 2.05) is 0 Å². The van der Waals surface area contributed by atoms with Gasteiger partial charge in [-0.3, -0.25) is 0 Å². The number of benzene rings is 1. The SMILES string of the molecule is Cl.NCc1cc2cc(OC(F)(F)F)cc(Br)c2o1. The summed E-state index contributed by atoms with van der Waals surface area (Å²) < 4.78 is 45.7. The lowest BCUT2D eigenvalue weighted by Gasteiger charge is -2.08. The minimum Gasteiger partial charge on any atom is -0.459 e. The molecule has 2 rings (SSSR count). The summed E-state index contributed by atoms with van der Waals surface area (Å²) in [5.74, 6) is 0.186. The third kappa shape index (κ3) is 3.30. The van der Waals surface area contributed by atoms with E-state index in [0.29, 0.717) is 21.2 Å². The summed E-state index contributed by atoms with van der Waals surface area (Å²) in [6, 6.07) is 4.01. The number of rotatable bonds is 2. The van der Waals surface area contributed by atoms with Gasteiger partial charge < -0.3 is 14.9 Å². The van der Waals surface area contributed by atoms with Gasteiger partial charge in [-0.15, -0.1) is 25.6 Å². The van der Waals surface area contributed by atoms with Gasteiger partial charge in [-0.25, -0.2) is 0 Å². The molecule has 0 unspecified atom stereocenters. The van der Waals surface area contributed by atoms with Crippen LogP contribution in [0.5, 0.6) is 5.75 Å². The topological polar surface area (TPSA) is 48.4 Å². The molecule has 0 aliphatic rings. The van der Waals surface area contributed by atoms with Gasteiger partial charge in [0.1, 0.15) is 17.1 Å². The zero-order valence-electron chi connectivity index (χ0n) is 8.75. The molecule has 0 spiro atoms. The Labute approximate surface area is 115 Å². The Hall–Kier alpha value is -0.920. The maximum Gasteiger partial charge on any atom is 0.573 e. The highest BCUT2D eigenvalue weighted by molar-refractivity contribution is 9.10. The summed E-state index contributed by atoms with van der Waals surface area (Å²) in [6.45, 7) is 0.177. The first kappa shape index (κ1) is 15.1. The Morgan fingerprint density at radius 3 is 2.50 bits per heavy atom. The van der Waals surface area contributed by atoms with Crippen molar-refractivity contribution in [3.05, 3.63) is 28.4 Å². The number of halogens is 5. The molecule has 8 heteroatoms. The highest BCUT2D eigenvalue weighted by Crippen LogP contribution is 2.34. The highest BCUT2D eigenvalue weighted by Gasteiger charge is 2.31. The van der Waals surface area contributed by atoms with Gasteiger partial charge in [0.05, 0.1) is 11.0 Å². The predicted molar refractivity (Wildman–Crippen MR) is 65.7 cm³/mol. The third-order valence-electron chi connectivity index (χ3n) is 2.03. The largest absolute Gasteiger partial charge is 0.573 e. The van der Waals surface area contributed by atoms with Crippen LogP contribution in [0.2, 0.25) is 0 Å². The van der Waals surface area contributed by atoms with Crippen LogP contribution in [0.4, 0.5) is 13.2 Å². The van der Waals surface area contributed by atoms with E-state index in [1.165, 1.54) is 12.1 Å². The van der Waals surface area contributed by atoms with Crippen LogP contribution in [0.25, 0.3) is 11.0 Å². The second-order valence-electron chi connectivity index (χ2n) is 3.29. The first-order valence-electron chi connectivity index (χ1n) is 4.57. The fraction of sp³-hybridized carbons (Fsp3) is 0.200. The number of ether oxygens (including phenoxy) is 1. The van der Waals surface area contributed by atoms with Crippen molar-refractivity contribution in [3.63, 3.8) is 0 Å². The summed E-state index contributed by atoms with van der Waals surface area (Å²) in [6.07, 6.45) is -4.71. The summed E-state index contributed by atoms with van der Waals surface area (Å²) in [5.41, 5.74) is 5.83. The van der Waals surface area contributed by atoms with Crippen LogP contribution < -0.4 is 10.5 Å². The van der Waals surface area contributed by atoms with Gasteiger partial charge in [-0.1, -0.05) is 0 Å². The van der Waals surface area contributed by atoms with E-state index in [0.717, 1.165) is 0 Å². The zero-order valence-corrected chi connectivity index (χ0v) is 11.2. The Morgan fingerprint density at radius 2 is 1.94 bits per heavy atom. The minimum atomic E-state index is -4.71. The maximum absolute atomic E-state index is 12.1. The molecule has 0 amide bonds. The molecule has 0 radical (unpaired) electrons. The monoisotopic (exact) mass is 345 g/mol. The molecule has 0 atom stereocenters. The molecule has 0 aliphatic carbocycles. The number of fused-ring (bicyclic) bond motifs is 1. The van der Waals surface area contributed by atoms with Crippen LogP contribution >= 0.6 is 28.3 Å². The minimum absolute atomic E-state index is 0. The molecule has 0 saturated heterocycles. The molecule has 0 saturated carbocycles. The van der Waals surface area contributed by atoms with Gasteiger partial charge in [0.25, 0.3) is 0 Å². The van der Waals surface area contributed by atoms with Gasteiger partial charge in [-0.2, -0.15) is 0 Å². The van der Waals surface area contributed by atoms with Crippen molar-refractivity contribution in [2.75, 3.05) is 0 Å². The maximum atomic E-state index is 12.1. The summed E-state index contributed by atoms with van der Waals surface area (Å²) >= 11 is 3.12. The molecule has 1 heterocycles. The van der Waals surface area contributed by atoms with E-state index < -0.39 is 6.36 Å². The first-order valence-corrected chi connectivity index (χ1v) is 5.36. The molecule has 0 fully saturated rings. The quantitative estimate of drug-likeness (QED) is 0.895. The first-order chi connectivity index (χ1) is 7.89. The fourth-order valence-electron chi connectivity index (χ4n) is 1.43. The second-order valence-corrected chi connectivity index (χ2v) is 4.14. The average molecular weight is 347 g/mol. The number of hydrogen-bond acceptors (Lipinski definition) is 3. The number of furan rings is 1. The lowest BCUT2D eigenvalue weighted by molar-refractivity contribution is -0.274. The lowest BCUT2D eigenvalue weighted by atomic mass is 10.2. The zero-order chi connectivity index (χ0) is 12.6. The Morgan fingerprint density at radius 1 is 1.28 bits per heavy atom. The molecule has 0 aliphatic heterocycles. The van der Waals surface area contributed by atoms with E-state index in [4.69, 9.17) is 10.2 Å². The number of nitrogens with two attached hydrogens (primary N) is 1. The van der Waals surface area contributed by atoms with Crippen molar-refractivity contribution < 1.29 is 22.3 Å². The average Bonchev–Trinajstić information content (AvgIpc) is 2.58. The van der Waals surface area contributed by atoms with Gasteiger partial charge in [0.2, 0.25) is 0 Å². The summed E-state index contributed by atoms with van der Waals surface area (Å²) in [5, 5.41) is 0.499. The Bertz CT molecular complexity index is 556. The van der Waals surface area contributed by atoms with E-state index in [1.54, 1.807) is 6.07 Å². The number of alkyl halides is 3. The van der Waals surface area contributed by atoms with Crippen molar-refractivity contribution in [1.82, 2.24) is 0 Å². The van der Waals surface area contributed by atoms with Crippen LogP contribution in [0.3, 0.4) is 0 Å². The van der Waals surface area contributed by atoms with E-state index in [-0.39, 0.29) is 24.7 Å². The molecule has 2 aromatic rings. The van der Waals surface area contributed by atoms with Crippen molar-refractivity contribution in [2.45, 2.75) is 12.9 Å². The molecular formula is C10H8BrClF3NO2. The van der Waals surface area contributed by atoms with Crippen molar-refractivity contribution >= 4 is 39.3 Å². The molecule has 2 N–H and O–H groups in total. The molecular weight excluding hydrogens is 338 g/mol. The highest BCUT2D eigenvalue weighted by atomic mass is 79.9. The molecule has 3 nitrogen and oxygen atoms in total. The van der Waals surface area contributed by atoms with Crippen molar-refractivity contribution in [3.8, 4) is 5.75 Å². The third-order valence-corrected chi connectivity index (χ3v) is 2.62. The fourth-order valence-corrected chi connectivity index (χ4v) is 1.97. The van der Waals surface area contributed by atoms with Crippen LogP contribution in [-0.4, -0.2) is 6.36 Å². The van der Waals surface area contributed by atoms with Crippen molar-refractivity contribution in [1.29, 1.82) is 0 Å². The molecule has 18 heavy (non-hydrogen) atoms. The Kier molecular flexibility index (Phi) is 4.52. The summed E-state index contributed by atoms with van der Waals surface area (Å²) in [4.78, 5) is 0. The van der Waals surface area contributed by atoms with Gasteiger partial charge >= 0.3 is 6.36 Å². The standard InChI is InChI=1S/C10H7BrF3NO2.ClH/c11-8-3-6(17-10(12,13)14)1-5-2-7(4-15)16-9(5)8;/h1-3H,4,15H2;1H. The van der Waals surface area contributed by atoms with E-state index in [2.05, 4.69) is 20.7 Å². The van der Waals surface area contributed by atoms with E-state index >= 15 is 0 Å². The van der Waals surface area contributed by atoms with Crippen LogP contribution in [0, 0.1) is 0 Å². The normalized spacial score (nSPS) is 11.4. The van der Waals surface area contributed by atoms with Gasteiger partial charge in [0, 0.05) is 5.39 Å². The van der Waals surface area contributed by atoms with Crippen LogP contribution in [-0.2, 0) is 6.54 Å². The second kappa shape index (κ2) is 5.38. The molecule has 1 aromatic heterocycles. The molecule has 1 aromatic carbocycles. The van der Waals surface area contributed by atoms with Crippen LogP contribution in [0.15, 0.2) is 27.1 Å². The van der Waals surface area contributed by atoms with Gasteiger partial charge in [-0.05, 0) is 34.1 Å². The van der Waals surface area contributed by atoms with Crippen LogP contribution in [0.1, 0.15) is 5.76 Å². The summed E-state index contributed by atoms with van der Waals surface area (Å²) in [7, 11) is 0. The number of hydrogen-bond donors (Lipinski definition) is 1. The smallest absolute Gasteiger partial charge is 0.459 e. The van der Waals surface area contributed by atoms with Gasteiger partial charge in [0.15, 0.2) is 0 Å². The molecule has 100 valence electrons. The van der Waals surface area contributed by atoms with Crippen molar-refractivity contribution in [2.24, 2.45) is 5.73 Å². The molecule has 0 bridgehead atoms. The predicted octanol–water partition coefficient (Wildman–Crippen LogP) is 3.97. The lowest BCUT2D eigenvalue weighted by Crippen LogP contribution is -2.17. The van der Waals surface area contributed by atoms with E-state index in [9.17, 15) is 13.2 Å². The Balaban J connectivity index is 0.00000162.